The van der Waals surface area contributed by atoms with Crippen LogP contribution in [0.2, 0.25) is 10.0 Å². The quantitative estimate of drug-likeness (QED) is 0.832. The molecule has 0 bridgehead atoms. The summed E-state index contributed by atoms with van der Waals surface area (Å²) in [4.78, 5) is 7.71. The molecule has 0 N–H and O–H groups in total. The molecule has 0 fully saturated rings. The highest BCUT2D eigenvalue weighted by molar-refractivity contribution is 7.11. The average molecular weight is 301 g/mol. The number of rotatable bonds is 4. The number of aromatic nitrogens is 1. The Balaban J connectivity index is 2.03. The molecular weight excluding hydrogens is 287 g/mol. The summed E-state index contributed by atoms with van der Waals surface area (Å²) in [6.07, 6.45) is 1.93. The SMILES string of the molecule is Cc1ncc(CN(C)Cc2cccc(Cl)c2Cl)s1. The Morgan fingerprint density at radius 3 is 2.72 bits per heavy atom. The van der Waals surface area contributed by atoms with E-state index >= 15 is 0 Å². The van der Waals surface area contributed by atoms with Crippen molar-refractivity contribution in [3.8, 4) is 0 Å². The van der Waals surface area contributed by atoms with Gasteiger partial charge in [0.2, 0.25) is 0 Å². The molecule has 1 aromatic heterocycles. The van der Waals surface area contributed by atoms with Gasteiger partial charge in [-0.3, -0.25) is 4.90 Å². The Labute approximate surface area is 121 Å². The van der Waals surface area contributed by atoms with Gasteiger partial charge in [-0.05, 0) is 25.6 Å². The molecule has 18 heavy (non-hydrogen) atoms. The third kappa shape index (κ3) is 3.45. The first-order valence-electron chi connectivity index (χ1n) is 5.59. The summed E-state index contributed by atoms with van der Waals surface area (Å²) in [5.41, 5.74) is 1.05. The van der Waals surface area contributed by atoms with E-state index in [1.807, 2.05) is 25.3 Å². The largest absolute Gasteiger partial charge is 0.297 e. The molecule has 1 heterocycles. The molecule has 0 aliphatic rings. The molecule has 0 spiro atoms. The molecule has 0 saturated heterocycles. The highest BCUT2D eigenvalue weighted by atomic mass is 35.5. The van der Waals surface area contributed by atoms with Crippen molar-refractivity contribution in [2.24, 2.45) is 0 Å². The van der Waals surface area contributed by atoms with Crippen molar-refractivity contribution >= 4 is 34.5 Å². The van der Waals surface area contributed by atoms with E-state index in [-0.39, 0.29) is 0 Å². The zero-order valence-electron chi connectivity index (χ0n) is 10.3. The Morgan fingerprint density at radius 2 is 2.06 bits per heavy atom. The van der Waals surface area contributed by atoms with Gasteiger partial charge in [0.25, 0.3) is 0 Å². The summed E-state index contributed by atoms with van der Waals surface area (Å²) in [5.74, 6) is 0. The third-order valence-electron chi connectivity index (χ3n) is 2.57. The van der Waals surface area contributed by atoms with Crippen LogP contribution in [0.1, 0.15) is 15.4 Å². The van der Waals surface area contributed by atoms with Crippen LogP contribution in [0.25, 0.3) is 0 Å². The average Bonchev–Trinajstić information content (AvgIpc) is 2.70. The van der Waals surface area contributed by atoms with Crippen molar-refractivity contribution in [3.63, 3.8) is 0 Å². The first-order valence-corrected chi connectivity index (χ1v) is 7.16. The van der Waals surface area contributed by atoms with Gasteiger partial charge in [0.15, 0.2) is 0 Å². The molecule has 0 saturated carbocycles. The maximum absolute atomic E-state index is 6.18. The van der Waals surface area contributed by atoms with Gasteiger partial charge in [-0.2, -0.15) is 0 Å². The molecule has 0 atom stereocenters. The lowest BCUT2D eigenvalue weighted by Gasteiger charge is -2.16. The number of halogens is 2. The molecule has 2 aromatic rings. The second kappa shape index (κ2) is 6.02. The van der Waals surface area contributed by atoms with Crippen LogP contribution in [-0.2, 0) is 13.1 Å². The van der Waals surface area contributed by atoms with Crippen molar-refractivity contribution in [3.05, 3.63) is 49.9 Å². The summed E-state index contributed by atoms with van der Waals surface area (Å²) in [5, 5.41) is 2.35. The molecule has 0 amide bonds. The maximum atomic E-state index is 6.18. The predicted molar refractivity (Wildman–Crippen MR) is 78.5 cm³/mol. The monoisotopic (exact) mass is 300 g/mol. The summed E-state index contributed by atoms with van der Waals surface area (Å²) in [6.45, 7) is 3.66. The molecule has 2 rings (SSSR count). The third-order valence-corrected chi connectivity index (χ3v) is 4.32. The maximum Gasteiger partial charge on any atom is 0.0897 e. The number of hydrogen-bond acceptors (Lipinski definition) is 3. The normalized spacial score (nSPS) is 11.2. The Hall–Kier alpha value is -0.610. The summed E-state index contributed by atoms with van der Waals surface area (Å²) >= 11 is 13.9. The summed E-state index contributed by atoms with van der Waals surface area (Å²) in [6, 6.07) is 5.73. The van der Waals surface area contributed by atoms with Crippen molar-refractivity contribution < 1.29 is 0 Å². The van der Waals surface area contributed by atoms with Crippen LogP contribution in [0.4, 0.5) is 0 Å². The highest BCUT2D eigenvalue weighted by Crippen LogP contribution is 2.26. The first-order chi connectivity index (χ1) is 8.56. The van der Waals surface area contributed by atoms with E-state index in [0.717, 1.165) is 23.7 Å². The van der Waals surface area contributed by atoms with Crippen LogP contribution < -0.4 is 0 Å². The van der Waals surface area contributed by atoms with Crippen LogP contribution in [0.15, 0.2) is 24.4 Å². The topological polar surface area (TPSA) is 16.1 Å². The fraction of sp³-hybridized carbons (Fsp3) is 0.308. The molecule has 0 unspecified atom stereocenters. The molecular formula is C13H14Cl2N2S. The van der Waals surface area contributed by atoms with Gasteiger partial charge in [-0.15, -0.1) is 11.3 Å². The van der Waals surface area contributed by atoms with Crippen molar-refractivity contribution in [2.75, 3.05) is 7.05 Å². The van der Waals surface area contributed by atoms with E-state index in [4.69, 9.17) is 23.2 Å². The molecule has 2 nitrogen and oxygen atoms in total. The molecule has 5 heteroatoms. The zero-order chi connectivity index (χ0) is 13.1. The van der Waals surface area contributed by atoms with Crippen LogP contribution in [0, 0.1) is 6.92 Å². The Kier molecular flexibility index (Phi) is 4.62. The number of hydrogen-bond donors (Lipinski definition) is 0. The number of aryl methyl sites for hydroxylation is 1. The second-order valence-corrected chi connectivity index (χ2v) is 6.34. The second-order valence-electron chi connectivity index (χ2n) is 4.23. The van der Waals surface area contributed by atoms with Crippen molar-refractivity contribution in [1.82, 2.24) is 9.88 Å². The van der Waals surface area contributed by atoms with Gasteiger partial charge in [-0.1, -0.05) is 35.3 Å². The van der Waals surface area contributed by atoms with Crippen LogP contribution >= 0.6 is 34.5 Å². The Bertz CT molecular complexity index is 540. The lowest BCUT2D eigenvalue weighted by Crippen LogP contribution is -2.16. The number of nitrogens with zero attached hydrogens (tertiary/aromatic N) is 2. The van der Waals surface area contributed by atoms with E-state index in [1.54, 1.807) is 17.4 Å². The number of benzene rings is 1. The minimum Gasteiger partial charge on any atom is -0.297 e. The smallest absolute Gasteiger partial charge is 0.0897 e. The highest BCUT2D eigenvalue weighted by Gasteiger charge is 2.08. The van der Waals surface area contributed by atoms with Gasteiger partial charge in [-0.25, -0.2) is 4.98 Å². The minimum atomic E-state index is 0.608. The molecule has 0 radical (unpaired) electrons. The van der Waals surface area contributed by atoms with Crippen LogP contribution in [0.3, 0.4) is 0 Å². The molecule has 0 aliphatic carbocycles. The van der Waals surface area contributed by atoms with Gasteiger partial charge in [0.05, 0.1) is 15.1 Å². The van der Waals surface area contributed by atoms with Crippen molar-refractivity contribution in [2.45, 2.75) is 20.0 Å². The summed E-state index contributed by atoms with van der Waals surface area (Å²) < 4.78 is 0. The lowest BCUT2D eigenvalue weighted by molar-refractivity contribution is 0.322. The van der Waals surface area contributed by atoms with E-state index < -0.39 is 0 Å². The predicted octanol–water partition coefficient (Wildman–Crippen LogP) is 4.39. The zero-order valence-corrected chi connectivity index (χ0v) is 12.6. The number of thiazole rings is 1. The van der Waals surface area contributed by atoms with Gasteiger partial charge < -0.3 is 0 Å². The van der Waals surface area contributed by atoms with Gasteiger partial charge >= 0.3 is 0 Å². The lowest BCUT2D eigenvalue weighted by atomic mass is 10.2. The van der Waals surface area contributed by atoms with E-state index in [9.17, 15) is 0 Å². The van der Waals surface area contributed by atoms with E-state index in [1.165, 1.54) is 4.88 Å². The molecule has 96 valence electrons. The van der Waals surface area contributed by atoms with Crippen LogP contribution in [0.5, 0.6) is 0 Å². The fourth-order valence-corrected chi connectivity index (χ4v) is 3.02. The fourth-order valence-electron chi connectivity index (χ4n) is 1.76. The Morgan fingerprint density at radius 1 is 1.28 bits per heavy atom. The molecule has 0 aliphatic heterocycles. The summed E-state index contributed by atoms with van der Waals surface area (Å²) in [7, 11) is 2.06. The van der Waals surface area contributed by atoms with E-state index in [2.05, 4.69) is 16.9 Å². The standard InChI is InChI=1S/C13H14Cl2N2S/c1-9-16-6-11(18-9)8-17(2)7-10-4-3-5-12(14)13(10)15/h3-6H,7-8H2,1-2H3. The minimum absolute atomic E-state index is 0.608. The van der Waals surface area contributed by atoms with Crippen molar-refractivity contribution in [1.29, 1.82) is 0 Å². The van der Waals surface area contributed by atoms with Gasteiger partial charge in [0, 0.05) is 24.2 Å². The van der Waals surface area contributed by atoms with Gasteiger partial charge in [0.1, 0.15) is 0 Å². The first kappa shape index (κ1) is 13.8. The van der Waals surface area contributed by atoms with E-state index in [0.29, 0.717) is 10.0 Å². The van der Waals surface area contributed by atoms with Crippen LogP contribution in [-0.4, -0.2) is 16.9 Å². The molecule has 1 aromatic carbocycles.